The number of ketones is 1. The Morgan fingerprint density at radius 3 is 2.84 bits per heavy atom. The Morgan fingerprint density at radius 1 is 1.37 bits per heavy atom. The molecule has 0 fully saturated rings. The molecule has 1 aliphatic heterocycles. The van der Waals surface area contributed by atoms with Gasteiger partial charge in [0, 0.05) is 15.5 Å². The SMILES string of the molecule is Cc1ncc(CN2C(=O)C(=O)c3c(Br)cccc32)s1. The molecular formula is C13H9BrN2O2S. The Bertz CT molecular complexity index is 696. The number of hydrogen-bond donors (Lipinski definition) is 0. The zero-order valence-electron chi connectivity index (χ0n) is 10.0. The number of aryl methyl sites for hydroxylation is 1. The Hall–Kier alpha value is -1.53. The van der Waals surface area contributed by atoms with Crippen molar-refractivity contribution in [2.24, 2.45) is 0 Å². The van der Waals surface area contributed by atoms with E-state index >= 15 is 0 Å². The fourth-order valence-electron chi connectivity index (χ4n) is 2.09. The third kappa shape index (κ3) is 2.01. The highest BCUT2D eigenvalue weighted by molar-refractivity contribution is 9.10. The minimum Gasteiger partial charge on any atom is -0.299 e. The molecule has 3 rings (SSSR count). The van der Waals surface area contributed by atoms with Crippen LogP contribution in [0.3, 0.4) is 0 Å². The summed E-state index contributed by atoms with van der Waals surface area (Å²) in [6, 6.07) is 5.38. The number of aromatic nitrogens is 1. The van der Waals surface area contributed by atoms with Gasteiger partial charge in [0.25, 0.3) is 11.7 Å². The number of nitrogens with zero attached hydrogens (tertiary/aromatic N) is 2. The number of anilines is 1. The van der Waals surface area contributed by atoms with Crippen molar-refractivity contribution < 1.29 is 9.59 Å². The molecule has 1 aromatic carbocycles. The van der Waals surface area contributed by atoms with Gasteiger partial charge in [0.1, 0.15) is 0 Å². The predicted molar refractivity (Wildman–Crippen MR) is 76.5 cm³/mol. The minimum atomic E-state index is -0.479. The number of thiazole rings is 1. The van der Waals surface area contributed by atoms with E-state index in [2.05, 4.69) is 20.9 Å². The van der Waals surface area contributed by atoms with Crippen LogP contribution in [0, 0.1) is 6.92 Å². The molecule has 0 radical (unpaired) electrons. The van der Waals surface area contributed by atoms with E-state index in [0.29, 0.717) is 22.3 Å². The molecule has 0 unspecified atom stereocenters. The van der Waals surface area contributed by atoms with Crippen molar-refractivity contribution in [1.82, 2.24) is 4.98 Å². The number of carbonyl (C=O) groups excluding carboxylic acids is 2. The van der Waals surface area contributed by atoms with Crippen LogP contribution in [0.4, 0.5) is 5.69 Å². The van der Waals surface area contributed by atoms with Gasteiger partial charge in [0.15, 0.2) is 0 Å². The second kappa shape index (κ2) is 4.54. The molecule has 2 heterocycles. The van der Waals surface area contributed by atoms with Gasteiger partial charge in [-0.1, -0.05) is 6.07 Å². The molecule has 96 valence electrons. The molecule has 0 saturated carbocycles. The van der Waals surface area contributed by atoms with Gasteiger partial charge in [-0.15, -0.1) is 11.3 Å². The topological polar surface area (TPSA) is 50.3 Å². The van der Waals surface area contributed by atoms with Crippen LogP contribution in [-0.2, 0) is 11.3 Å². The molecule has 0 spiro atoms. The number of rotatable bonds is 2. The van der Waals surface area contributed by atoms with Gasteiger partial charge in [-0.25, -0.2) is 4.98 Å². The molecule has 6 heteroatoms. The maximum absolute atomic E-state index is 12.1. The van der Waals surface area contributed by atoms with E-state index in [1.807, 2.05) is 13.0 Å². The van der Waals surface area contributed by atoms with E-state index < -0.39 is 11.7 Å². The van der Waals surface area contributed by atoms with Crippen molar-refractivity contribution >= 4 is 44.6 Å². The number of benzene rings is 1. The third-order valence-corrected chi connectivity index (χ3v) is 4.49. The summed E-state index contributed by atoms with van der Waals surface area (Å²) >= 11 is 4.85. The van der Waals surface area contributed by atoms with Crippen LogP contribution in [0.15, 0.2) is 28.9 Å². The average Bonchev–Trinajstić information content (AvgIpc) is 2.88. The first-order valence-electron chi connectivity index (χ1n) is 5.64. The maximum atomic E-state index is 12.1. The van der Waals surface area contributed by atoms with Crippen LogP contribution in [0.5, 0.6) is 0 Å². The first-order chi connectivity index (χ1) is 9.08. The normalized spacial score (nSPS) is 14.1. The minimum absolute atomic E-state index is 0.388. The lowest BCUT2D eigenvalue weighted by atomic mass is 10.1. The molecule has 1 aromatic heterocycles. The van der Waals surface area contributed by atoms with E-state index in [1.54, 1.807) is 18.3 Å². The highest BCUT2D eigenvalue weighted by Gasteiger charge is 2.37. The van der Waals surface area contributed by atoms with Crippen LogP contribution < -0.4 is 4.90 Å². The summed E-state index contributed by atoms with van der Waals surface area (Å²) in [6.45, 7) is 2.30. The molecule has 0 N–H and O–H groups in total. The monoisotopic (exact) mass is 336 g/mol. The second-order valence-electron chi connectivity index (χ2n) is 4.20. The number of carbonyl (C=O) groups is 2. The van der Waals surface area contributed by atoms with Crippen LogP contribution >= 0.6 is 27.3 Å². The van der Waals surface area contributed by atoms with Gasteiger partial charge < -0.3 is 0 Å². The summed E-state index contributed by atoms with van der Waals surface area (Å²) in [6.07, 6.45) is 1.74. The summed E-state index contributed by atoms with van der Waals surface area (Å²) in [7, 11) is 0. The molecule has 0 saturated heterocycles. The van der Waals surface area contributed by atoms with Crippen LogP contribution in [0.25, 0.3) is 0 Å². The fraction of sp³-hybridized carbons (Fsp3) is 0.154. The Morgan fingerprint density at radius 2 is 2.16 bits per heavy atom. The highest BCUT2D eigenvalue weighted by atomic mass is 79.9. The number of amides is 1. The molecular weight excluding hydrogens is 328 g/mol. The number of fused-ring (bicyclic) bond motifs is 1. The van der Waals surface area contributed by atoms with Crippen molar-refractivity contribution in [2.45, 2.75) is 13.5 Å². The molecule has 19 heavy (non-hydrogen) atoms. The molecule has 0 bridgehead atoms. The zero-order chi connectivity index (χ0) is 13.6. The van der Waals surface area contributed by atoms with Gasteiger partial charge >= 0.3 is 0 Å². The van der Waals surface area contributed by atoms with Gasteiger partial charge in [-0.2, -0.15) is 0 Å². The molecule has 1 aliphatic rings. The van der Waals surface area contributed by atoms with E-state index in [-0.39, 0.29) is 0 Å². The largest absolute Gasteiger partial charge is 0.299 e. The van der Waals surface area contributed by atoms with Crippen molar-refractivity contribution in [3.05, 3.63) is 44.3 Å². The summed E-state index contributed by atoms with van der Waals surface area (Å²) in [5, 5.41) is 0.947. The fourth-order valence-corrected chi connectivity index (χ4v) is 3.41. The Labute approximate surface area is 122 Å². The quantitative estimate of drug-likeness (QED) is 0.792. The molecule has 0 atom stereocenters. The van der Waals surface area contributed by atoms with E-state index in [4.69, 9.17) is 0 Å². The van der Waals surface area contributed by atoms with Crippen molar-refractivity contribution in [2.75, 3.05) is 4.90 Å². The second-order valence-corrected chi connectivity index (χ2v) is 6.37. The summed E-state index contributed by atoms with van der Waals surface area (Å²) in [4.78, 5) is 30.7. The molecule has 2 aromatic rings. The zero-order valence-corrected chi connectivity index (χ0v) is 12.4. The number of halogens is 1. The first-order valence-corrected chi connectivity index (χ1v) is 7.25. The number of Topliss-reactive ketones (excluding diaryl/α,β-unsaturated/α-hetero) is 1. The van der Waals surface area contributed by atoms with E-state index in [9.17, 15) is 9.59 Å². The standard InChI is InChI=1S/C13H9BrN2O2S/c1-7-15-5-8(19-7)6-16-10-4-2-3-9(14)11(10)12(17)13(16)18/h2-5H,6H2,1H3. The van der Waals surface area contributed by atoms with Gasteiger partial charge in [-0.05, 0) is 35.0 Å². The van der Waals surface area contributed by atoms with Crippen LogP contribution in [0.2, 0.25) is 0 Å². The summed E-state index contributed by atoms with van der Waals surface area (Å²) in [5.41, 5.74) is 1.11. The number of hydrogen-bond acceptors (Lipinski definition) is 4. The first kappa shape index (κ1) is 12.5. The maximum Gasteiger partial charge on any atom is 0.299 e. The smallest absolute Gasteiger partial charge is 0.299 e. The Balaban J connectivity index is 2.02. The van der Waals surface area contributed by atoms with Gasteiger partial charge in [0.05, 0.1) is 22.8 Å². The summed E-state index contributed by atoms with van der Waals surface area (Å²) in [5.74, 6) is -0.934. The highest BCUT2D eigenvalue weighted by Crippen LogP contribution is 2.35. The lowest BCUT2D eigenvalue weighted by Crippen LogP contribution is -2.28. The van der Waals surface area contributed by atoms with Crippen LogP contribution in [0.1, 0.15) is 20.2 Å². The van der Waals surface area contributed by atoms with Crippen LogP contribution in [-0.4, -0.2) is 16.7 Å². The summed E-state index contributed by atoms with van der Waals surface area (Å²) < 4.78 is 0.659. The lowest BCUT2D eigenvalue weighted by Gasteiger charge is -2.15. The van der Waals surface area contributed by atoms with E-state index in [0.717, 1.165) is 9.88 Å². The average molecular weight is 337 g/mol. The van der Waals surface area contributed by atoms with Crippen molar-refractivity contribution in [3.63, 3.8) is 0 Å². The molecule has 1 amide bonds. The molecule has 0 aliphatic carbocycles. The van der Waals surface area contributed by atoms with Crippen molar-refractivity contribution in [3.8, 4) is 0 Å². The van der Waals surface area contributed by atoms with Gasteiger partial charge in [-0.3, -0.25) is 14.5 Å². The van der Waals surface area contributed by atoms with Crippen molar-refractivity contribution in [1.29, 1.82) is 0 Å². The third-order valence-electron chi connectivity index (χ3n) is 2.93. The Kier molecular flexibility index (Phi) is 2.99. The van der Waals surface area contributed by atoms with E-state index in [1.165, 1.54) is 16.2 Å². The van der Waals surface area contributed by atoms with Gasteiger partial charge in [0.2, 0.25) is 0 Å². The predicted octanol–water partition coefficient (Wildman–Crippen LogP) is 2.94. The lowest BCUT2D eigenvalue weighted by molar-refractivity contribution is -0.114. The molecule has 4 nitrogen and oxygen atoms in total.